The molecule has 3 rings (SSSR count). The van der Waals surface area contributed by atoms with E-state index in [1.165, 1.54) is 6.07 Å². The fourth-order valence-electron chi connectivity index (χ4n) is 2.98. The summed E-state index contributed by atoms with van der Waals surface area (Å²) in [5.41, 5.74) is 0.534. The molecule has 0 spiro atoms. The molecule has 0 aliphatic heterocycles. The third-order valence-corrected chi connectivity index (χ3v) is 5.79. The van der Waals surface area contributed by atoms with Gasteiger partial charge in [0.05, 0.1) is 4.92 Å². The summed E-state index contributed by atoms with van der Waals surface area (Å²) in [6, 6.07) is 13.3. The summed E-state index contributed by atoms with van der Waals surface area (Å²) in [7, 11) is -3.76. The van der Waals surface area contributed by atoms with Gasteiger partial charge in [0.1, 0.15) is 4.90 Å². The number of amides is 1. The summed E-state index contributed by atoms with van der Waals surface area (Å²) >= 11 is 0. The lowest BCUT2D eigenvalue weighted by molar-refractivity contribution is -0.387. The molecule has 1 aliphatic rings. The lowest BCUT2D eigenvalue weighted by Gasteiger charge is -2.16. The summed E-state index contributed by atoms with van der Waals surface area (Å²) < 4.78 is 23.3. The SMILES string of the molecule is CS(=O)(=O)c1ccc(C(=O)NCC2(c3ccccc3)CC2)cc1[N+](=O)[O-]. The smallest absolute Gasteiger partial charge is 0.288 e. The van der Waals surface area contributed by atoms with E-state index in [1.54, 1.807) is 0 Å². The van der Waals surface area contributed by atoms with E-state index in [9.17, 15) is 23.3 Å². The molecule has 1 fully saturated rings. The van der Waals surface area contributed by atoms with Crippen LogP contribution < -0.4 is 5.32 Å². The Labute approximate surface area is 151 Å². The summed E-state index contributed by atoms with van der Waals surface area (Å²) in [6.07, 6.45) is 2.82. The molecule has 8 heteroatoms. The molecule has 1 N–H and O–H groups in total. The van der Waals surface area contributed by atoms with Crippen molar-refractivity contribution in [2.75, 3.05) is 12.8 Å². The second-order valence-electron chi connectivity index (χ2n) is 6.54. The van der Waals surface area contributed by atoms with Crippen LogP contribution in [-0.4, -0.2) is 32.0 Å². The Kier molecular flexibility index (Phi) is 4.53. The van der Waals surface area contributed by atoms with Gasteiger partial charge in [-0.3, -0.25) is 14.9 Å². The fraction of sp³-hybridized carbons (Fsp3) is 0.278. The first-order chi connectivity index (χ1) is 12.2. The van der Waals surface area contributed by atoms with Crippen LogP contribution in [0.1, 0.15) is 28.8 Å². The van der Waals surface area contributed by atoms with Crippen LogP contribution in [0.4, 0.5) is 5.69 Å². The normalized spacial score (nSPS) is 15.3. The first-order valence-electron chi connectivity index (χ1n) is 8.05. The Bertz CT molecular complexity index is 966. The molecule has 0 radical (unpaired) electrons. The average molecular weight is 374 g/mol. The van der Waals surface area contributed by atoms with Gasteiger partial charge in [-0.05, 0) is 30.5 Å². The molecule has 0 saturated heterocycles. The molecule has 1 amide bonds. The van der Waals surface area contributed by atoms with Gasteiger partial charge in [0.15, 0.2) is 9.84 Å². The molecule has 7 nitrogen and oxygen atoms in total. The molecule has 136 valence electrons. The lowest BCUT2D eigenvalue weighted by atomic mass is 9.96. The van der Waals surface area contributed by atoms with Crippen molar-refractivity contribution < 1.29 is 18.1 Å². The maximum atomic E-state index is 12.4. The van der Waals surface area contributed by atoms with Gasteiger partial charge < -0.3 is 5.32 Å². The predicted molar refractivity (Wildman–Crippen MR) is 95.9 cm³/mol. The van der Waals surface area contributed by atoms with Crippen LogP contribution in [0.5, 0.6) is 0 Å². The van der Waals surface area contributed by atoms with Crippen LogP contribution in [0.15, 0.2) is 53.4 Å². The van der Waals surface area contributed by atoms with Crippen molar-refractivity contribution in [3.63, 3.8) is 0 Å². The van der Waals surface area contributed by atoms with E-state index in [2.05, 4.69) is 5.32 Å². The van der Waals surface area contributed by atoms with E-state index in [0.717, 1.165) is 36.8 Å². The number of sulfone groups is 1. The fourth-order valence-corrected chi connectivity index (χ4v) is 3.81. The van der Waals surface area contributed by atoms with Crippen molar-refractivity contribution >= 4 is 21.4 Å². The molecular weight excluding hydrogens is 356 g/mol. The average Bonchev–Trinajstić information content (AvgIpc) is 3.40. The molecule has 2 aromatic rings. The summed E-state index contributed by atoms with van der Waals surface area (Å²) in [5.74, 6) is -0.463. The highest BCUT2D eigenvalue weighted by Gasteiger charge is 2.44. The zero-order valence-electron chi connectivity index (χ0n) is 14.1. The zero-order chi connectivity index (χ0) is 18.9. The Morgan fingerprint density at radius 2 is 1.85 bits per heavy atom. The Morgan fingerprint density at radius 3 is 2.38 bits per heavy atom. The van der Waals surface area contributed by atoms with Crippen LogP contribution in [-0.2, 0) is 15.3 Å². The predicted octanol–water partition coefficient (Wildman–Crippen LogP) is 2.46. The monoisotopic (exact) mass is 374 g/mol. The minimum atomic E-state index is -3.76. The number of nitrogens with one attached hydrogen (secondary N) is 1. The van der Waals surface area contributed by atoms with Crippen molar-refractivity contribution in [2.45, 2.75) is 23.2 Å². The number of hydrogen-bond acceptors (Lipinski definition) is 5. The second kappa shape index (κ2) is 6.53. The van der Waals surface area contributed by atoms with Crippen molar-refractivity contribution in [3.8, 4) is 0 Å². The van der Waals surface area contributed by atoms with E-state index < -0.39 is 31.3 Å². The number of carbonyl (C=O) groups is 1. The Morgan fingerprint density at radius 1 is 1.19 bits per heavy atom. The molecule has 1 saturated carbocycles. The quantitative estimate of drug-likeness (QED) is 0.617. The minimum absolute atomic E-state index is 0.0629. The van der Waals surface area contributed by atoms with E-state index >= 15 is 0 Å². The van der Waals surface area contributed by atoms with Gasteiger partial charge in [0.2, 0.25) is 0 Å². The molecule has 26 heavy (non-hydrogen) atoms. The van der Waals surface area contributed by atoms with Gasteiger partial charge >= 0.3 is 0 Å². The van der Waals surface area contributed by atoms with Crippen molar-refractivity contribution in [1.82, 2.24) is 5.32 Å². The number of hydrogen-bond donors (Lipinski definition) is 1. The van der Waals surface area contributed by atoms with Crippen LogP contribution in [0.25, 0.3) is 0 Å². The van der Waals surface area contributed by atoms with E-state index in [0.29, 0.717) is 6.54 Å². The molecular formula is C18H18N2O5S. The maximum absolute atomic E-state index is 12.4. The van der Waals surface area contributed by atoms with E-state index in [-0.39, 0.29) is 11.0 Å². The standard InChI is InChI=1S/C18H18N2O5S/c1-26(24,25)16-8-7-13(11-15(16)20(22)23)17(21)19-12-18(9-10-18)14-5-3-2-4-6-14/h2-8,11H,9-10,12H2,1H3,(H,19,21). The number of carbonyl (C=O) groups excluding carboxylic acids is 1. The highest BCUT2D eigenvalue weighted by molar-refractivity contribution is 7.90. The second-order valence-corrected chi connectivity index (χ2v) is 8.52. The largest absolute Gasteiger partial charge is 0.351 e. The number of benzene rings is 2. The van der Waals surface area contributed by atoms with Crippen LogP contribution >= 0.6 is 0 Å². The zero-order valence-corrected chi connectivity index (χ0v) is 15.0. The van der Waals surface area contributed by atoms with Crippen molar-refractivity contribution in [3.05, 3.63) is 69.8 Å². The molecule has 0 atom stereocenters. The Hall–Kier alpha value is -2.74. The van der Waals surface area contributed by atoms with Crippen LogP contribution in [0.3, 0.4) is 0 Å². The van der Waals surface area contributed by atoms with Gasteiger partial charge in [0, 0.05) is 29.8 Å². The topological polar surface area (TPSA) is 106 Å². The number of nitrogens with zero attached hydrogens (tertiary/aromatic N) is 1. The number of rotatable bonds is 6. The van der Waals surface area contributed by atoms with Crippen LogP contribution in [0, 0.1) is 10.1 Å². The minimum Gasteiger partial charge on any atom is -0.351 e. The molecule has 0 bridgehead atoms. The Balaban J connectivity index is 1.79. The summed E-state index contributed by atoms with van der Waals surface area (Å²) in [6.45, 7) is 0.428. The molecule has 0 heterocycles. The first-order valence-corrected chi connectivity index (χ1v) is 9.94. The molecule has 0 aromatic heterocycles. The van der Waals surface area contributed by atoms with Gasteiger partial charge in [0.25, 0.3) is 11.6 Å². The third kappa shape index (κ3) is 3.60. The maximum Gasteiger partial charge on any atom is 0.288 e. The van der Waals surface area contributed by atoms with Crippen molar-refractivity contribution in [1.29, 1.82) is 0 Å². The third-order valence-electron chi connectivity index (χ3n) is 4.64. The summed E-state index contributed by atoms with van der Waals surface area (Å²) in [4.78, 5) is 22.4. The lowest BCUT2D eigenvalue weighted by Crippen LogP contribution is -2.32. The van der Waals surface area contributed by atoms with E-state index in [4.69, 9.17) is 0 Å². The highest BCUT2D eigenvalue weighted by atomic mass is 32.2. The number of nitro groups is 1. The number of nitro benzene ring substituents is 1. The molecule has 0 unspecified atom stereocenters. The molecule has 2 aromatic carbocycles. The van der Waals surface area contributed by atoms with Crippen LogP contribution in [0.2, 0.25) is 0 Å². The first kappa shape index (κ1) is 18.1. The van der Waals surface area contributed by atoms with Gasteiger partial charge in [-0.15, -0.1) is 0 Å². The van der Waals surface area contributed by atoms with Gasteiger partial charge in [-0.1, -0.05) is 30.3 Å². The van der Waals surface area contributed by atoms with E-state index in [1.807, 2.05) is 30.3 Å². The van der Waals surface area contributed by atoms with Gasteiger partial charge in [-0.2, -0.15) is 0 Å². The molecule has 1 aliphatic carbocycles. The van der Waals surface area contributed by atoms with Gasteiger partial charge in [-0.25, -0.2) is 8.42 Å². The van der Waals surface area contributed by atoms with Crippen molar-refractivity contribution in [2.24, 2.45) is 0 Å². The summed E-state index contributed by atoms with van der Waals surface area (Å²) in [5, 5.41) is 14.0. The highest BCUT2D eigenvalue weighted by Crippen LogP contribution is 2.47.